The Morgan fingerprint density at radius 1 is 0.382 bits per heavy atom. The van der Waals surface area contributed by atoms with E-state index in [1.54, 1.807) is 15.9 Å². The first-order valence-electron chi connectivity index (χ1n) is 12.9. The van der Waals surface area contributed by atoms with Crippen LogP contribution < -0.4 is 15.9 Å². The molecule has 0 aromatic heterocycles. The molecule has 3 aromatic carbocycles. The van der Waals surface area contributed by atoms with Crippen molar-refractivity contribution in [2.24, 2.45) is 0 Å². The minimum absolute atomic E-state index is 0.00628. The van der Waals surface area contributed by atoms with Crippen LogP contribution in [0, 0.1) is 0 Å². The molecular formula is C30H42P4. The Hall–Kier alpha value is -0.620. The van der Waals surface area contributed by atoms with Gasteiger partial charge in [-0.3, -0.25) is 0 Å². The van der Waals surface area contributed by atoms with Gasteiger partial charge in [-0.15, -0.1) is 7.92 Å². The molecule has 0 N–H and O–H groups in total. The van der Waals surface area contributed by atoms with E-state index in [4.69, 9.17) is 0 Å². The minimum atomic E-state index is -0.00628. The van der Waals surface area contributed by atoms with Crippen molar-refractivity contribution in [3.63, 3.8) is 0 Å². The van der Waals surface area contributed by atoms with Crippen LogP contribution in [0.4, 0.5) is 0 Å². The third-order valence-corrected chi connectivity index (χ3v) is 17.9. The molecule has 0 aliphatic rings. The summed E-state index contributed by atoms with van der Waals surface area (Å²) in [4.78, 5) is 0. The van der Waals surface area contributed by atoms with Crippen LogP contribution in [0.3, 0.4) is 0 Å². The van der Waals surface area contributed by atoms with Crippen LogP contribution in [0.2, 0.25) is 0 Å². The summed E-state index contributed by atoms with van der Waals surface area (Å²) in [7, 11) is 0.0833. The van der Waals surface area contributed by atoms with Crippen LogP contribution in [-0.4, -0.2) is 55.5 Å². The molecule has 3 unspecified atom stereocenters. The van der Waals surface area contributed by atoms with Gasteiger partial charge >= 0.3 is 0 Å². The van der Waals surface area contributed by atoms with Crippen LogP contribution in [-0.2, 0) is 0 Å². The first-order chi connectivity index (χ1) is 16.7. The lowest BCUT2D eigenvalue weighted by Gasteiger charge is -2.26. The summed E-state index contributed by atoms with van der Waals surface area (Å²) < 4.78 is 0. The van der Waals surface area contributed by atoms with Gasteiger partial charge in [-0.05, 0) is 71.4 Å². The van der Waals surface area contributed by atoms with Crippen LogP contribution in [0.15, 0.2) is 91.0 Å². The van der Waals surface area contributed by atoms with Crippen LogP contribution in [0.25, 0.3) is 0 Å². The van der Waals surface area contributed by atoms with Gasteiger partial charge in [0.15, 0.2) is 0 Å². The standard InChI is InChI=1S/C30H42P4/c1-4-32(28-16-10-7-11-17-28)25-22-31(23-26-33(5-2)29-18-12-8-13-19-29)24-27-34(6-3)30-20-14-9-15-21-30/h7-21H,4-6,22-27H2,1-3H3. The van der Waals surface area contributed by atoms with Crippen molar-refractivity contribution in [3.8, 4) is 0 Å². The van der Waals surface area contributed by atoms with Gasteiger partial charge in [-0.1, -0.05) is 136 Å². The van der Waals surface area contributed by atoms with E-state index in [0.717, 1.165) is 0 Å². The van der Waals surface area contributed by atoms with E-state index in [-0.39, 0.29) is 31.7 Å². The molecule has 0 fully saturated rings. The fourth-order valence-electron chi connectivity index (χ4n) is 4.45. The summed E-state index contributed by atoms with van der Waals surface area (Å²) in [5.74, 6) is 0. The van der Waals surface area contributed by atoms with E-state index in [2.05, 4.69) is 112 Å². The highest BCUT2D eigenvalue weighted by Gasteiger charge is 2.18. The molecule has 0 heterocycles. The summed E-state index contributed by atoms with van der Waals surface area (Å²) in [5, 5.41) is 4.82. The average Bonchev–Trinajstić information content (AvgIpc) is 2.91. The highest BCUT2D eigenvalue weighted by molar-refractivity contribution is 7.70. The fraction of sp³-hybridized carbons (Fsp3) is 0.400. The smallest absolute Gasteiger partial charge is 0.0240 e. The Morgan fingerprint density at radius 2 is 0.647 bits per heavy atom. The topological polar surface area (TPSA) is 0 Å². The number of hydrogen-bond acceptors (Lipinski definition) is 0. The van der Waals surface area contributed by atoms with E-state index in [0.29, 0.717) is 0 Å². The van der Waals surface area contributed by atoms with Crippen molar-refractivity contribution in [2.75, 3.05) is 55.5 Å². The number of hydrogen-bond donors (Lipinski definition) is 0. The van der Waals surface area contributed by atoms with Crippen LogP contribution >= 0.6 is 31.7 Å². The van der Waals surface area contributed by atoms with Crippen molar-refractivity contribution in [2.45, 2.75) is 20.8 Å². The molecular weight excluding hydrogens is 484 g/mol. The lowest BCUT2D eigenvalue weighted by Crippen LogP contribution is -2.13. The molecule has 3 aromatic rings. The van der Waals surface area contributed by atoms with Gasteiger partial charge in [0.2, 0.25) is 0 Å². The first kappa shape index (κ1) is 28.0. The molecule has 0 spiro atoms. The van der Waals surface area contributed by atoms with Gasteiger partial charge in [-0.2, -0.15) is 0 Å². The van der Waals surface area contributed by atoms with Gasteiger partial charge in [0, 0.05) is 0 Å². The molecule has 4 heteroatoms. The summed E-state index contributed by atoms with van der Waals surface area (Å²) in [6.45, 7) is 7.20. The Kier molecular flexibility index (Phi) is 13.3. The lowest BCUT2D eigenvalue weighted by molar-refractivity contribution is 1.33. The molecule has 0 radical (unpaired) electrons. The van der Waals surface area contributed by atoms with Crippen LogP contribution in [0.5, 0.6) is 0 Å². The summed E-state index contributed by atoms with van der Waals surface area (Å²) in [6.07, 6.45) is 12.6. The third-order valence-electron chi connectivity index (χ3n) is 6.57. The Balaban J connectivity index is 1.65. The van der Waals surface area contributed by atoms with Crippen molar-refractivity contribution < 1.29 is 0 Å². The Labute approximate surface area is 214 Å². The zero-order valence-electron chi connectivity index (χ0n) is 21.3. The molecule has 0 amide bonds. The molecule has 0 aliphatic carbocycles. The van der Waals surface area contributed by atoms with E-state index in [1.165, 1.54) is 55.5 Å². The van der Waals surface area contributed by atoms with Gasteiger partial charge in [-0.25, -0.2) is 0 Å². The SMILES string of the molecule is CCP(CCP(CCP(CC)c1ccccc1)CCP(CC)c1ccccc1)c1ccccc1. The monoisotopic (exact) mass is 526 g/mol. The van der Waals surface area contributed by atoms with Crippen molar-refractivity contribution in [1.82, 2.24) is 0 Å². The predicted octanol–water partition coefficient (Wildman–Crippen LogP) is 7.95. The van der Waals surface area contributed by atoms with E-state index >= 15 is 0 Å². The molecule has 0 saturated carbocycles. The molecule has 34 heavy (non-hydrogen) atoms. The highest BCUT2D eigenvalue weighted by atomic mass is 31.1. The number of benzene rings is 3. The molecule has 3 atom stereocenters. The molecule has 0 aliphatic heterocycles. The normalized spacial score (nSPS) is 14.9. The number of rotatable bonds is 15. The summed E-state index contributed by atoms with van der Waals surface area (Å²) in [6, 6.07) is 34.1. The van der Waals surface area contributed by atoms with Gasteiger partial charge in [0.25, 0.3) is 0 Å². The van der Waals surface area contributed by atoms with Gasteiger partial charge in [0.1, 0.15) is 0 Å². The Morgan fingerprint density at radius 3 is 0.882 bits per heavy atom. The maximum absolute atomic E-state index is 2.40. The van der Waals surface area contributed by atoms with E-state index in [1.807, 2.05) is 0 Å². The van der Waals surface area contributed by atoms with Crippen molar-refractivity contribution in [1.29, 1.82) is 0 Å². The summed E-state index contributed by atoms with van der Waals surface area (Å²) in [5.41, 5.74) is 0. The van der Waals surface area contributed by atoms with E-state index in [9.17, 15) is 0 Å². The maximum Gasteiger partial charge on any atom is -0.0240 e. The zero-order valence-corrected chi connectivity index (χ0v) is 24.9. The van der Waals surface area contributed by atoms with Crippen molar-refractivity contribution >= 4 is 47.6 Å². The van der Waals surface area contributed by atoms with Gasteiger partial charge in [0.05, 0.1) is 0 Å². The fourth-order valence-corrected chi connectivity index (χ4v) is 16.0. The molecule has 0 saturated heterocycles. The second-order valence-electron chi connectivity index (χ2n) is 8.59. The first-order valence-corrected chi connectivity index (χ1v) is 19.9. The molecule has 3 rings (SSSR count). The third kappa shape index (κ3) is 9.11. The molecule has 182 valence electrons. The van der Waals surface area contributed by atoms with Crippen molar-refractivity contribution in [3.05, 3.63) is 91.0 Å². The predicted molar refractivity (Wildman–Crippen MR) is 167 cm³/mol. The zero-order chi connectivity index (χ0) is 24.0. The minimum Gasteiger partial charge on any atom is -0.106 e. The quantitative estimate of drug-likeness (QED) is 0.176. The lowest BCUT2D eigenvalue weighted by atomic mass is 10.4. The van der Waals surface area contributed by atoms with Crippen LogP contribution in [0.1, 0.15) is 20.8 Å². The summed E-state index contributed by atoms with van der Waals surface area (Å²) >= 11 is 0. The second kappa shape index (κ2) is 16.2. The maximum atomic E-state index is 2.40. The molecule has 0 bridgehead atoms. The average molecular weight is 527 g/mol. The van der Waals surface area contributed by atoms with E-state index < -0.39 is 0 Å². The molecule has 0 nitrogen and oxygen atoms in total. The Bertz CT molecular complexity index is 778. The highest BCUT2D eigenvalue weighted by Crippen LogP contribution is 2.48. The van der Waals surface area contributed by atoms with Gasteiger partial charge < -0.3 is 0 Å². The largest absolute Gasteiger partial charge is 0.106 e. The second-order valence-corrected chi connectivity index (χ2v) is 19.3.